The molecule has 2 amide bonds. The van der Waals surface area contributed by atoms with E-state index in [1.807, 2.05) is 26.8 Å². The molecule has 0 aliphatic rings. The maximum absolute atomic E-state index is 11.8. The van der Waals surface area contributed by atoms with Gasteiger partial charge in [-0.25, -0.2) is 4.79 Å². The van der Waals surface area contributed by atoms with Crippen molar-refractivity contribution in [2.75, 3.05) is 5.32 Å². The maximum atomic E-state index is 11.8. The lowest BCUT2D eigenvalue weighted by Crippen LogP contribution is -2.28. The second kappa shape index (κ2) is 5.61. The van der Waals surface area contributed by atoms with Crippen molar-refractivity contribution >= 4 is 11.7 Å². The molecule has 0 saturated heterocycles. The molecule has 1 aromatic carbocycles. The number of amides is 2. The van der Waals surface area contributed by atoms with Crippen LogP contribution in [0.5, 0.6) is 0 Å². The smallest absolute Gasteiger partial charge is 0.319 e. The van der Waals surface area contributed by atoms with Gasteiger partial charge in [0.25, 0.3) is 0 Å². The van der Waals surface area contributed by atoms with Gasteiger partial charge in [-0.05, 0) is 44.0 Å². The number of anilines is 1. The van der Waals surface area contributed by atoms with Crippen LogP contribution in [0.15, 0.2) is 34.9 Å². The highest BCUT2D eigenvalue weighted by Gasteiger charge is 2.08. The second-order valence-electron chi connectivity index (χ2n) is 4.66. The van der Waals surface area contributed by atoms with Crippen LogP contribution < -0.4 is 10.6 Å². The molecule has 0 aliphatic heterocycles. The summed E-state index contributed by atoms with van der Waals surface area (Å²) in [5, 5.41) is 5.64. The molecular formula is C15H18N2O2. The molecule has 0 bridgehead atoms. The number of rotatable bonds is 3. The molecule has 4 heteroatoms. The van der Waals surface area contributed by atoms with E-state index in [0.717, 1.165) is 22.6 Å². The first-order valence-electron chi connectivity index (χ1n) is 6.21. The van der Waals surface area contributed by atoms with Crippen LogP contribution in [-0.4, -0.2) is 6.03 Å². The fourth-order valence-corrected chi connectivity index (χ4v) is 2.12. The number of furan rings is 1. The number of hydrogen-bond acceptors (Lipinski definition) is 2. The minimum Gasteiger partial charge on any atom is -0.467 e. The number of benzene rings is 1. The van der Waals surface area contributed by atoms with Crippen LogP contribution in [0.25, 0.3) is 0 Å². The Bertz CT molecular complexity index is 551. The first-order valence-corrected chi connectivity index (χ1v) is 6.21. The summed E-state index contributed by atoms with van der Waals surface area (Å²) in [6, 6.07) is 7.49. The molecule has 2 N–H and O–H groups in total. The van der Waals surface area contributed by atoms with Gasteiger partial charge in [-0.15, -0.1) is 0 Å². The first kappa shape index (κ1) is 13.2. The van der Waals surface area contributed by atoms with E-state index >= 15 is 0 Å². The van der Waals surface area contributed by atoms with E-state index in [-0.39, 0.29) is 6.03 Å². The number of nitrogens with one attached hydrogen (secondary N) is 2. The average molecular weight is 258 g/mol. The highest BCUT2D eigenvalue weighted by molar-refractivity contribution is 5.91. The number of carbonyl (C=O) groups is 1. The monoisotopic (exact) mass is 258 g/mol. The number of hydrogen-bond donors (Lipinski definition) is 2. The third-order valence-electron chi connectivity index (χ3n) is 2.92. The quantitative estimate of drug-likeness (QED) is 0.885. The molecule has 1 heterocycles. The van der Waals surface area contributed by atoms with Gasteiger partial charge in [0.05, 0.1) is 12.8 Å². The van der Waals surface area contributed by atoms with Crippen molar-refractivity contribution in [3.8, 4) is 0 Å². The van der Waals surface area contributed by atoms with E-state index in [1.165, 1.54) is 5.56 Å². The summed E-state index contributed by atoms with van der Waals surface area (Å²) in [6.07, 6.45) is 1.59. The summed E-state index contributed by atoms with van der Waals surface area (Å²) in [4.78, 5) is 11.8. The Labute approximate surface area is 112 Å². The Kier molecular flexibility index (Phi) is 3.90. The highest BCUT2D eigenvalue weighted by Crippen LogP contribution is 2.21. The van der Waals surface area contributed by atoms with E-state index < -0.39 is 0 Å². The van der Waals surface area contributed by atoms with Gasteiger partial charge in [-0.3, -0.25) is 0 Å². The lowest BCUT2D eigenvalue weighted by molar-refractivity contribution is 0.251. The summed E-state index contributed by atoms with van der Waals surface area (Å²) in [6.45, 7) is 6.40. The summed E-state index contributed by atoms with van der Waals surface area (Å²) >= 11 is 0. The van der Waals surface area contributed by atoms with Gasteiger partial charge >= 0.3 is 6.03 Å². The predicted molar refractivity (Wildman–Crippen MR) is 75.2 cm³/mol. The Balaban J connectivity index is 1.99. The lowest BCUT2D eigenvalue weighted by Gasteiger charge is -2.13. The predicted octanol–water partition coefficient (Wildman–Crippen LogP) is 3.53. The molecule has 100 valence electrons. The van der Waals surface area contributed by atoms with E-state index in [2.05, 4.69) is 22.8 Å². The molecule has 1 aromatic heterocycles. The summed E-state index contributed by atoms with van der Waals surface area (Å²) < 4.78 is 5.15. The Morgan fingerprint density at radius 2 is 1.89 bits per heavy atom. The topological polar surface area (TPSA) is 54.3 Å². The number of urea groups is 1. The molecular weight excluding hydrogens is 240 g/mol. The van der Waals surface area contributed by atoms with E-state index in [4.69, 9.17) is 4.42 Å². The van der Waals surface area contributed by atoms with Crippen molar-refractivity contribution in [3.05, 3.63) is 53.0 Å². The van der Waals surface area contributed by atoms with Crippen molar-refractivity contribution in [2.45, 2.75) is 27.3 Å². The zero-order valence-corrected chi connectivity index (χ0v) is 11.4. The number of carbonyl (C=O) groups excluding carboxylic acids is 1. The fourth-order valence-electron chi connectivity index (χ4n) is 2.12. The fraction of sp³-hybridized carbons (Fsp3) is 0.267. The summed E-state index contributed by atoms with van der Waals surface area (Å²) in [5.74, 6) is 0.729. The zero-order valence-electron chi connectivity index (χ0n) is 11.4. The molecule has 0 atom stereocenters. The van der Waals surface area contributed by atoms with Crippen LogP contribution >= 0.6 is 0 Å². The maximum Gasteiger partial charge on any atom is 0.319 e. The minimum absolute atomic E-state index is 0.230. The summed E-state index contributed by atoms with van der Waals surface area (Å²) in [5.41, 5.74) is 4.18. The van der Waals surface area contributed by atoms with Crippen molar-refractivity contribution in [3.63, 3.8) is 0 Å². The van der Waals surface area contributed by atoms with Gasteiger partial charge in [-0.2, -0.15) is 0 Å². The van der Waals surface area contributed by atoms with Gasteiger partial charge in [0, 0.05) is 5.69 Å². The van der Waals surface area contributed by atoms with Crippen LogP contribution in [-0.2, 0) is 6.54 Å². The van der Waals surface area contributed by atoms with E-state index in [1.54, 1.807) is 12.3 Å². The molecule has 2 rings (SSSR count). The van der Waals surface area contributed by atoms with Crippen LogP contribution in [0.1, 0.15) is 22.5 Å². The zero-order chi connectivity index (χ0) is 13.8. The summed E-state index contributed by atoms with van der Waals surface area (Å²) in [7, 11) is 0. The van der Waals surface area contributed by atoms with Gasteiger partial charge in [-0.1, -0.05) is 17.7 Å². The largest absolute Gasteiger partial charge is 0.467 e. The SMILES string of the molecule is Cc1cc(C)c(NC(=O)NCc2ccco2)c(C)c1. The Hall–Kier alpha value is -2.23. The van der Waals surface area contributed by atoms with Gasteiger partial charge in [0.15, 0.2) is 0 Å². The molecule has 0 spiro atoms. The lowest BCUT2D eigenvalue weighted by atomic mass is 10.1. The van der Waals surface area contributed by atoms with E-state index in [9.17, 15) is 4.79 Å². The van der Waals surface area contributed by atoms with Crippen molar-refractivity contribution in [1.82, 2.24) is 5.32 Å². The highest BCUT2D eigenvalue weighted by atomic mass is 16.3. The molecule has 19 heavy (non-hydrogen) atoms. The van der Waals surface area contributed by atoms with Crippen molar-refractivity contribution in [1.29, 1.82) is 0 Å². The Morgan fingerprint density at radius 1 is 1.21 bits per heavy atom. The van der Waals surface area contributed by atoms with Crippen molar-refractivity contribution in [2.24, 2.45) is 0 Å². The standard InChI is InChI=1S/C15H18N2O2/c1-10-7-11(2)14(12(3)8-10)17-15(18)16-9-13-5-4-6-19-13/h4-8H,9H2,1-3H3,(H2,16,17,18). The molecule has 0 aliphatic carbocycles. The first-order chi connectivity index (χ1) is 9.06. The second-order valence-corrected chi connectivity index (χ2v) is 4.66. The average Bonchev–Trinajstić information content (AvgIpc) is 2.84. The molecule has 0 saturated carbocycles. The third-order valence-corrected chi connectivity index (χ3v) is 2.92. The molecule has 4 nitrogen and oxygen atoms in total. The van der Waals surface area contributed by atoms with Gasteiger partial charge in [0.1, 0.15) is 5.76 Å². The van der Waals surface area contributed by atoms with Crippen molar-refractivity contribution < 1.29 is 9.21 Å². The van der Waals surface area contributed by atoms with Gasteiger partial charge in [0.2, 0.25) is 0 Å². The number of aryl methyl sites for hydroxylation is 3. The normalized spacial score (nSPS) is 10.3. The molecule has 0 fully saturated rings. The van der Waals surface area contributed by atoms with E-state index in [0.29, 0.717) is 6.54 Å². The molecule has 2 aromatic rings. The van der Waals surface area contributed by atoms with Crippen LogP contribution in [0.4, 0.5) is 10.5 Å². The van der Waals surface area contributed by atoms with Crippen LogP contribution in [0, 0.1) is 20.8 Å². The third kappa shape index (κ3) is 3.37. The van der Waals surface area contributed by atoms with Crippen LogP contribution in [0.2, 0.25) is 0 Å². The Morgan fingerprint density at radius 3 is 2.47 bits per heavy atom. The van der Waals surface area contributed by atoms with Crippen LogP contribution in [0.3, 0.4) is 0 Å². The molecule has 0 radical (unpaired) electrons. The van der Waals surface area contributed by atoms with Gasteiger partial charge < -0.3 is 15.1 Å². The molecule has 0 unspecified atom stereocenters. The minimum atomic E-state index is -0.230.